The lowest BCUT2D eigenvalue weighted by molar-refractivity contribution is 1.19. The van der Waals surface area contributed by atoms with Gasteiger partial charge in [0.1, 0.15) is 0 Å². The Kier molecular flexibility index (Phi) is 6.91. The van der Waals surface area contributed by atoms with Gasteiger partial charge in [0, 0.05) is 31.0 Å². The SMILES string of the molecule is [C-]#[N+]/C(C#N)=C\C=C\c1cc2sc3cc(N(c4cc(C)cc(C)c4)c4c(C)cc(C)cc4C)ccc3c2s1. The number of aryl methyl sites for hydroxylation is 5. The molecular formula is C33H27N3S2. The molecule has 0 aliphatic heterocycles. The zero-order valence-corrected chi connectivity index (χ0v) is 23.7. The third kappa shape index (κ3) is 4.87. The molecule has 0 fully saturated rings. The van der Waals surface area contributed by atoms with Gasteiger partial charge in [-0.05, 0) is 99.4 Å². The maximum atomic E-state index is 8.93. The summed E-state index contributed by atoms with van der Waals surface area (Å²) in [7, 11) is 0. The van der Waals surface area contributed by atoms with Crippen molar-refractivity contribution >= 4 is 65.3 Å². The second kappa shape index (κ2) is 10.3. The van der Waals surface area contributed by atoms with Crippen molar-refractivity contribution in [1.82, 2.24) is 0 Å². The summed E-state index contributed by atoms with van der Waals surface area (Å²) in [5.41, 5.74) is 9.94. The topological polar surface area (TPSA) is 31.4 Å². The first-order valence-electron chi connectivity index (χ1n) is 12.4. The molecule has 0 unspecified atom stereocenters. The van der Waals surface area contributed by atoms with Gasteiger partial charge in [-0.2, -0.15) is 0 Å². The summed E-state index contributed by atoms with van der Waals surface area (Å²) >= 11 is 3.54. The van der Waals surface area contributed by atoms with Crippen molar-refractivity contribution < 1.29 is 0 Å². The Labute approximate surface area is 232 Å². The Bertz CT molecular complexity index is 1790. The fraction of sp³-hybridized carbons (Fsp3) is 0.152. The fourth-order valence-electron chi connectivity index (χ4n) is 5.12. The van der Waals surface area contributed by atoms with E-state index in [2.05, 4.69) is 99.0 Å². The average Bonchev–Trinajstić information content (AvgIpc) is 3.40. The highest BCUT2D eigenvalue weighted by Crippen LogP contribution is 2.45. The number of fused-ring (bicyclic) bond motifs is 3. The van der Waals surface area contributed by atoms with Crippen molar-refractivity contribution in [3.63, 3.8) is 0 Å². The number of allylic oxidation sites excluding steroid dienone is 3. The summed E-state index contributed by atoms with van der Waals surface area (Å²) in [4.78, 5) is 6.72. The molecule has 5 rings (SSSR count). The van der Waals surface area contributed by atoms with E-state index in [0.717, 1.165) is 10.6 Å². The van der Waals surface area contributed by atoms with Crippen molar-refractivity contribution in [2.45, 2.75) is 34.6 Å². The van der Waals surface area contributed by atoms with E-state index in [1.54, 1.807) is 34.8 Å². The number of thiophene rings is 2. The normalized spacial score (nSPS) is 11.8. The number of nitriles is 1. The molecule has 2 heterocycles. The van der Waals surface area contributed by atoms with E-state index < -0.39 is 0 Å². The molecule has 0 atom stereocenters. The summed E-state index contributed by atoms with van der Waals surface area (Å²) in [5.74, 6) is 0. The summed E-state index contributed by atoms with van der Waals surface area (Å²) < 4.78 is 3.78. The molecule has 3 aromatic carbocycles. The van der Waals surface area contributed by atoms with Gasteiger partial charge in [0.2, 0.25) is 0 Å². The monoisotopic (exact) mass is 529 g/mol. The number of hydrogen-bond acceptors (Lipinski definition) is 4. The molecule has 186 valence electrons. The van der Waals surface area contributed by atoms with Crippen LogP contribution in [0.5, 0.6) is 0 Å². The molecule has 2 aromatic heterocycles. The second-order valence-corrected chi connectivity index (χ2v) is 11.9. The minimum Gasteiger partial charge on any atom is -0.310 e. The van der Waals surface area contributed by atoms with Crippen LogP contribution in [0.15, 0.2) is 72.4 Å². The lowest BCUT2D eigenvalue weighted by Gasteiger charge is -2.29. The third-order valence-electron chi connectivity index (χ3n) is 6.48. The molecule has 38 heavy (non-hydrogen) atoms. The lowest BCUT2D eigenvalue weighted by atomic mass is 10.0. The zero-order chi connectivity index (χ0) is 27.0. The van der Waals surface area contributed by atoms with Crippen LogP contribution >= 0.6 is 22.7 Å². The molecule has 0 N–H and O–H groups in total. The summed E-state index contributed by atoms with van der Waals surface area (Å²) in [6, 6.07) is 22.2. The summed E-state index contributed by atoms with van der Waals surface area (Å²) in [5, 5.41) is 10.2. The molecule has 0 saturated heterocycles. The van der Waals surface area contributed by atoms with Gasteiger partial charge in [-0.15, -0.1) is 22.7 Å². The Morgan fingerprint density at radius 2 is 1.53 bits per heavy atom. The maximum absolute atomic E-state index is 8.93. The lowest BCUT2D eigenvalue weighted by Crippen LogP contribution is -2.13. The number of rotatable bonds is 5. The van der Waals surface area contributed by atoms with E-state index in [1.165, 1.54) is 58.7 Å². The smallest absolute Gasteiger partial charge is 0.261 e. The van der Waals surface area contributed by atoms with Crippen molar-refractivity contribution in [3.05, 3.63) is 117 Å². The minimum absolute atomic E-state index is 0.0880. The summed E-state index contributed by atoms with van der Waals surface area (Å²) in [6.07, 6.45) is 5.30. The van der Waals surface area contributed by atoms with Crippen molar-refractivity contribution in [1.29, 1.82) is 5.26 Å². The van der Waals surface area contributed by atoms with Crippen LogP contribution < -0.4 is 4.90 Å². The Morgan fingerprint density at radius 3 is 2.18 bits per heavy atom. The predicted octanol–water partition coefficient (Wildman–Crippen LogP) is 10.5. The second-order valence-electron chi connectivity index (χ2n) is 9.69. The number of anilines is 3. The molecule has 5 aromatic rings. The van der Waals surface area contributed by atoms with Crippen LogP contribution in [0.1, 0.15) is 32.7 Å². The summed E-state index contributed by atoms with van der Waals surface area (Å²) in [6.45, 7) is 17.9. The largest absolute Gasteiger partial charge is 0.310 e. The van der Waals surface area contributed by atoms with Crippen LogP contribution in [0, 0.1) is 52.5 Å². The van der Waals surface area contributed by atoms with Gasteiger partial charge in [0.05, 0.1) is 23.0 Å². The molecular weight excluding hydrogens is 503 g/mol. The van der Waals surface area contributed by atoms with Gasteiger partial charge >= 0.3 is 0 Å². The first-order valence-corrected chi connectivity index (χ1v) is 14.0. The minimum atomic E-state index is 0.0880. The molecule has 0 radical (unpaired) electrons. The Balaban J connectivity index is 1.62. The fourth-order valence-corrected chi connectivity index (χ4v) is 7.61. The first kappa shape index (κ1) is 25.5. The molecule has 0 bridgehead atoms. The van der Waals surface area contributed by atoms with Gasteiger partial charge in [-0.25, -0.2) is 10.1 Å². The quantitative estimate of drug-likeness (QED) is 0.129. The van der Waals surface area contributed by atoms with Crippen molar-refractivity contribution in [2.24, 2.45) is 0 Å². The zero-order valence-electron chi connectivity index (χ0n) is 22.1. The Hall–Kier alpha value is -4.16. The molecule has 0 aliphatic rings. The average molecular weight is 530 g/mol. The van der Waals surface area contributed by atoms with Crippen LogP contribution in [0.4, 0.5) is 17.1 Å². The van der Waals surface area contributed by atoms with Crippen LogP contribution in [0.2, 0.25) is 0 Å². The predicted molar refractivity (Wildman–Crippen MR) is 165 cm³/mol. The highest BCUT2D eigenvalue weighted by atomic mass is 32.1. The van der Waals surface area contributed by atoms with E-state index in [-0.39, 0.29) is 5.70 Å². The van der Waals surface area contributed by atoms with Crippen LogP contribution in [-0.4, -0.2) is 0 Å². The van der Waals surface area contributed by atoms with Gasteiger partial charge < -0.3 is 4.90 Å². The molecule has 3 nitrogen and oxygen atoms in total. The maximum Gasteiger partial charge on any atom is 0.261 e. The van der Waals surface area contributed by atoms with E-state index in [4.69, 9.17) is 11.8 Å². The van der Waals surface area contributed by atoms with Gasteiger partial charge in [0.15, 0.2) is 0 Å². The molecule has 0 amide bonds. The molecule has 0 spiro atoms. The molecule has 0 aliphatic carbocycles. The highest BCUT2D eigenvalue weighted by molar-refractivity contribution is 7.33. The van der Waals surface area contributed by atoms with Crippen molar-refractivity contribution in [2.75, 3.05) is 4.90 Å². The molecule has 0 saturated carbocycles. The number of benzene rings is 3. The standard InChI is InChI=1S/C33H27N3S2/c1-20-12-21(2)16-27(15-20)36(32-23(4)13-22(3)14-24(32)5)26-10-11-29-30(17-26)38-31-18-28(37-33(29)31)9-7-8-25(19-34)35-6/h7-18H,1-5H3/b9-7+,25-8-. The van der Waals surface area contributed by atoms with Crippen LogP contribution in [0.25, 0.3) is 30.4 Å². The Morgan fingerprint density at radius 1 is 0.842 bits per heavy atom. The van der Waals surface area contributed by atoms with Gasteiger partial charge in [0.25, 0.3) is 5.70 Å². The van der Waals surface area contributed by atoms with E-state index in [9.17, 15) is 0 Å². The number of hydrogen-bond donors (Lipinski definition) is 0. The first-order chi connectivity index (χ1) is 18.3. The van der Waals surface area contributed by atoms with Gasteiger partial charge in [-0.1, -0.05) is 35.9 Å². The van der Waals surface area contributed by atoms with Crippen LogP contribution in [-0.2, 0) is 0 Å². The molecule has 5 heteroatoms. The third-order valence-corrected chi connectivity index (χ3v) is 8.84. The number of nitrogens with zero attached hydrogens (tertiary/aromatic N) is 3. The van der Waals surface area contributed by atoms with Crippen molar-refractivity contribution in [3.8, 4) is 6.07 Å². The van der Waals surface area contributed by atoms with E-state index in [0.29, 0.717) is 0 Å². The van der Waals surface area contributed by atoms with Gasteiger partial charge in [-0.3, -0.25) is 0 Å². The van der Waals surface area contributed by atoms with E-state index >= 15 is 0 Å². The van der Waals surface area contributed by atoms with E-state index in [1.807, 2.05) is 12.1 Å². The highest BCUT2D eigenvalue weighted by Gasteiger charge is 2.19. The van der Waals surface area contributed by atoms with Crippen LogP contribution in [0.3, 0.4) is 0 Å².